The Morgan fingerprint density at radius 2 is 2.14 bits per heavy atom. The second kappa shape index (κ2) is 5.99. The number of anilines is 2. The number of ether oxygens (including phenoxy) is 1. The van der Waals surface area contributed by atoms with Gasteiger partial charge < -0.3 is 20.7 Å². The molecule has 2 aliphatic heterocycles. The maximum atomic E-state index is 12.2. The van der Waals surface area contributed by atoms with E-state index >= 15 is 0 Å². The second-order valence-electron chi connectivity index (χ2n) is 5.87. The summed E-state index contributed by atoms with van der Waals surface area (Å²) in [4.78, 5) is 18.9. The number of nitrogens with two attached hydrogens (primary N) is 1. The molecule has 3 heterocycles. The van der Waals surface area contributed by atoms with Crippen molar-refractivity contribution in [3.8, 4) is 0 Å². The number of nitrogens with one attached hydrogen (secondary N) is 1. The minimum absolute atomic E-state index is 0.201. The van der Waals surface area contributed by atoms with Crippen LogP contribution in [0.15, 0.2) is 18.3 Å². The molecule has 0 spiro atoms. The van der Waals surface area contributed by atoms with E-state index in [0.717, 1.165) is 18.9 Å². The number of nitrogens with zero attached hydrogens (tertiary/aromatic N) is 2. The molecule has 0 radical (unpaired) electrons. The van der Waals surface area contributed by atoms with E-state index in [1.165, 1.54) is 19.3 Å². The first kappa shape index (κ1) is 14.3. The van der Waals surface area contributed by atoms with E-state index in [1.54, 1.807) is 6.20 Å². The summed E-state index contributed by atoms with van der Waals surface area (Å²) in [6, 6.07) is 3.84. The fraction of sp³-hybridized carbons (Fsp3) is 0.600. The number of pyridine rings is 1. The minimum atomic E-state index is -0.911. The lowest BCUT2D eigenvalue weighted by Crippen LogP contribution is -2.51. The van der Waals surface area contributed by atoms with Crippen molar-refractivity contribution in [1.82, 2.24) is 4.98 Å². The van der Waals surface area contributed by atoms with Crippen molar-refractivity contribution in [3.63, 3.8) is 0 Å². The van der Waals surface area contributed by atoms with Crippen molar-refractivity contribution in [3.05, 3.63) is 18.3 Å². The highest BCUT2D eigenvalue weighted by Crippen LogP contribution is 2.21. The van der Waals surface area contributed by atoms with Crippen LogP contribution in [0.25, 0.3) is 0 Å². The molecule has 1 unspecified atom stereocenters. The van der Waals surface area contributed by atoms with Crippen LogP contribution in [0.5, 0.6) is 0 Å². The number of amides is 1. The molecular weight excluding hydrogens is 268 g/mol. The summed E-state index contributed by atoms with van der Waals surface area (Å²) in [5.41, 5.74) is 5.80. The van der Waals surface area contributed by atoms with Gasteiger partial charge >= 0.3 is 0 Å². The van der Waals surface area contributed by atoms with Gasteiger partial charge in [-0.3, -0.25) is 4.79 Å². The van der Waals surface area contributed by atoms with Crippen LogP contribution < -0.4 is 16.0 Å². The Hall–Kier alpha value is -1.66. The average Bonchev–Trinajstić information content (AvgIpc) is 2.97. The smallest absolute Gasteiger partial charge is 0.246 e. The topological polar surface area (TPSA) is 80.5 Å². The van der Waals surface area contributed by atoms with E-state index in [9.17, 15) is 4.79 Å². The lowest BCUT2D eigenvalue weighted by molar-refractivity contribution is -0.121. The molecule has 21 heavy (non-hydrogen) atoms. The third-order valence-corrected chi connectivity index (χ3v) is 4.19. The van der Waals surface area contributed by atoms with Crippen LogP contribution in [0.2, 0.25) is 0 Å². The number of piperidine rings is 1. The Morgan fingerprint density at radius 3 is 2.76 bits per heavy atom. The first-order chi connectivity index (χ1) is 10.2. The molecule has 1 aromatic heterocycles. The molecular formula is C15H22N4O2. The van der Waals surface area contributed by atoms with Gasteiger partial charge in [0.2, 0.25) is 5.91 Å². The predicted molar refractivity (Wildman–Crippen MR) is 81.3 cm³/mol. The Labute approximate surface area is 124 Å². The predicted octanol–water partition coefficient (Wildman–Crippen LogP) is 1.13. The lowest BCUT2D eigenvalue weighted by atomic mass is 9.99. The highest BCUT2D eigenvalue weighted by molar-refractivity contribution is 5.98. The van der Waals surface area contributed by atoms with Crippen molar-refractivity contribution < 1.29 is 9.53 Å². The van der Waals surface area contributed by atoms with Gasteiger partial charge in [0.1, 0.15) is 11.4 Å². The maximum Gasteiger partial charge on any atom is 0.246 e. The van der Waals surface area contributed by atoms with Gasteiger partial charge in [0.25, 0.3) is 0 Å². The highest BCUT2D eigenvalue weighted by atomic mass is 16.5. The summed E-state index contributed by atoms with van der Waals surface area (Å²) in [6.07, 6.45) is 5.98. The molecule has 2 saturated heterocycles. The SMILES string of the molecule is NC1(C(=O)Nc2ccc(N3CCCCC3)nc2)CCOC1. The molecule has 0 bridgehead atoms. The normalized spacial score (nSPS) is 25.9. The molecule has 3 rings (SSSR count). The molecule has 2 aliphatic rings. The van der Waals surface area contributed by atoms with Crippen molar-refractivity contribution in [2.75, 3.05) is 36.5 Å². The zero-order chi connectivity index (χ0) is 14.7. The number of carbonyl (C=O) groups excluding carboxylic acids is 1. The van der Waals surface area contributed by atoms with E-state index < -0.39 is 5.54 Å². The Bertz CT molecular complexity index is 491. The van der Waals surface area contributed by atoms with Gasteiger partial charge in [-0.2, -0.15) is 0 Å². The van der Waals surface area contributed by atoms with Gasteiger partial charge in [0, 0.05) is 19.7 Å². The van der Waals surface area contributed by atoms with E-state index in [2.05, 4.69) is 15.2 Å². The zero-order valence-corrected chi connectivity index (χ0v) is 12.2. The molecule has 6 heteroatoms. The second-order valence-corrected chi connectivity index (χ2v) is 5.87. The summed E-state index contributed by atoms with van der Waals surface area (Å²) in [7, 11) is 0. The third-order valence-electron chi connectivity index (χ3n) is 4.19. The number of hydrogen-bond acceptors (Lipinski definition) is 5. The van der Waals surface area contributed by atoms with Crippen molar-refractivity contribution in [1.29, 1.82) is 0 Å². The molecule has 114 valence electrons. The molecule has 1 amide bonds. The fourth-order valence-corrected chi connectivity index (χ4v) is 2.79. The molecule has 2 fully saturated rings. The monoisotopic (exact) mass is 290 g/mol. The first-order valence-electron chi connectivity index (χ1n) is 7.56. The molecule has 6 nitrogen and oxygen atoms in total. The van der Waals surface area contributed by atoms with Crippen LogP contribution in [0.3, 0.4) is 0 Å². The molecule has 1 aromatic rings. The first-order valence-corrected chi connectivity index (χ1v) is 7.56. The van der Waals surface area contributed by atoms with Gasteiger partial charge in [0.15, 0.2) is 0 Å². The average molecular weight is 290 g/mol. The Balaban J connectivity index is 1.62. The summed E-state index contributed by atoms with van der Waals surface area (Å²) in [5.74, 6) is 0.770. The van der Waals surface area contributed by atoms with E-state index in [0.29, 0.717) is 18.7 Å². The van der Waals surface area contributed by atoms with Gasteiger partial charge in [-0.05, 0) is 37.8 Å². The molecule has 3 N–H and O–H groups in total. The quantitative estimate of drug-likeness (QED) is 0.872. The number of carbonyl (C=O) groups is 1. The number of rotatable bonds is 3. The van der Waals surface area contributed by atoms with Crippen LogP contribution in [0, 0.1) is 0 Å². The van der Waals surface area contributed by atoms with Gasteiger partial charge in [-0.25, -0.2) is 4.98 Å². The van der Waals surface area contributed by atoms with Crippen molar-refractivity contribution in [2.45, 2.75) is 31.2 Å². The highest BCUT2D eigenvalue weighted by Gasteiger charge is 2.38. The van der Waals surface area contributed by atoms with Crippen molar-refractivity contribution in [2.24, 2.45) is 5.73 Å². The van der Waals surface area contributed by atoms with Crippen LogP contribution >= 0.6 is 0 Å². The molecule has 0 aliphatic carbocycles. The van der Waals surface area contributed by atoms with Crippen LogP contribution in [-0.2, 0) is 9.53 Å². The fourth-order valence-electron chi connectivity index (χ4n) is 2.79. The molecule has 0 saturated carbocycles. The van der Waals surface area contributed by atoms with Crippen LogP contribution in [-0.4, -0.2) is 42.7 Å². The largest absolute Gasteiger partial charge is 0.379 e. The van der Waals surface area contributed by atoms with Crippen LogP contribution in [0.4, 0.5) is 11.5 Å². The summed E-state index contributed by atoms with van der Waals surface area (Å²) in [6.45, 7) is 2.93. The summed E-state index contributed by atoms with van der Waals surface area (Å²) in [5, 5.41) is 2.83. The van der Waals surface area contributed by atoms with Gasteiger partial charge in [0.05, 0.1) is 18.5 Å². The maximum absolute atomic E-state index is 12.2. The number of hydrogen-bond donors (Lipinski definition) is 2. The zero-order valence-electron chi connectivity index (χ0n) is 12.2. The lowest BCUT2D eigenvalue weighted by Gasteiger charge is -2.27. The van der Waals surface area contributed by atoms with Gasteiger partial charge in [-0.1, -0.05) is 0 Å². The molecule has 0 aromatic carbocycles. The summed E-state index contributed by atoms with van der Waals surface area (Å²) >= 11 is 0. The van der Waals surface area contributed by atoms with E-state index in [4.69, 9.17) is 10.5 Å². The number of aromatic nitrogens is 1. The minimum Gasteiger partial charge on any atom is -0.379 e. The van der Waals surface area contributed by atoms with E-state index in [-0.39, 0.29) is 12.5 Å². The van der Waals surface area contributed by atoms with Crippen LogP contribution in [0.1, 0.15) is 25.7 Å². The van der Waals surface area contributed by atoms with Gasteiger partial charge in [-0.15, -0.1) is 0 Å². The molecule has 1 atom stereocenters. The third kappa shape index (κ3) is 3.16. The van der Waals surface area contributed by atoms with Crippen molar-refractivity contribution >= 4 is 17.4 Å². The summed E-state index contributed by atoms with van der Waals surface area (Å²) < 4.78 is 5.21. The van der Waals surface area contributed by atoms with E-state index in [1.807, 2.05) is 12.1 Å². The Kier molecular flexibility index (Phi) is 4.07. The Morgan fingerprint density at radius 1 is 1.33 bits per heavy atom. The standard InChI is InChI=1S/C15H22N4O2/c16-15(6-9-21-11-15)14(20)18-12-4-5-13(17-10-12)19-7-2-1-3-8-19/h4-5,10H,1-3,6-9,11,16H2,(H,18,20).